The van der Waals surface area contributed by atoms with Crippen molar-refractivity contribution in [3.8, 4) is 0 Å². The summed E-state index contributed by atoms with van der Waals surface area (Å²) in [6.45, 7) is 12.4. The average molecular weight is 408 g/mol. The molecule has 1 atom stereocenters. The van der Waals surface area contributed by atoms with E-state index in [1.54, 1.807) is 0 Å². The molecule has 0 saturated heterocycles. The number of amides is 1. The lowest BCUT2D eigenvalue weighted by molar-refractivity contribution is -0.113. The number of carbonyl (C=O) groups is 1. The van der Waals surface area contributed by atoms with Gasteiger partial charge in [0.15, 0.2) is 5.11 Å². The van der Waals surface area contributed by atoms with E-state index < -0.39 is 0 Å². The molecule has 0 fully saturated rings. The SMILES string of the molecule is CC1=C(C(=O)Nc2ccccc2C(C)C)[C@@H](c2c(C)cc(C)cc2C)NC(=S)N1. The van der Waals surface area contributed by atoms with Crippen LogP contribution in [0.2, 0.25) is 0 Å². The molecular formula is C24H29N3OS. The van der Waals surface area contributed by atoms with Crippen LogP contribution < -0.4 is 16.0 Å². The number of allylic oxidation sites excluding steroid dienone is 1. The van der Waals surface area contributed by atoms with E-state index in [4.69, 9.17) is 12.2 Å². The van der Waals surface area contributed by atoms with Crippen LogP contribution in [0.25, 0.3) is 0 Å². The topological polar surface area (TPSA) is 53.2 Å². The molecule has 4 nitrogen and oxygen atoms in total. The molecule has 0 unspecified atom stereocenters. The first-order valence-electron chi connectivity index (χ1n) is 9.95. The molecule has 1 aliphatic rings. The zero-order valence-electron chi connectivity index (χ0n) is 17.9. The van der Waals surface area contributed by atoms with Crippen LogP contribution in [0.1, 0.15) is 60.5 Å². The Morgan fingerprint density at radius 1 is 1.07 bits per heavy atom. The van der Waals surface area contributed by atoms with Crippen molar-refractivity contribution in [3.63, 3.8) is 0 Å². The van der Waals surface area contributed by atoms with Gasteiger partial charge in [-0.3, -0.25) is 4.79 Å². The van der Waals surface area contributed by atoms with Gasteiger partial charge < -0.3 is 16.0 Å². The van der Waals surface area contributed by atoms with E-state index in [1.807, 2.05) is 25.1 Å². The molecule has 0 radical (unpaired) electrons. The molecular weight excluding hydrogens is 378 g/mol. The van der Waals surface area contributed by atoms with Gasteiger partial charge >= 0.3 is 0 Å². The highest BCUT2D eigenvalue weighted by molar-refractivity contribution is 7.80. The molecule has 0 aromatic heterocycles. The maximum atomic E-state index is 13.4. The Morgan fingerprint density at radius 3 is 2.31 bits per heavy atom. The fourth-order valence-electron chi connectivity index (χ4n) is 4.16. The van der Waals surface area contributed by atoms with E-state index in [-0.39, 0.29) is 11.9 Å². The Balaban J connectivity index is 2.05. The van der Waals surface area contributed by atoms with Gasteiger partial charge in [-0.05, 0) is 74.2 Å². The Bertz CT molecular complexity index is 984. The van der Waals surface area contributed by atoms with Crippen LogP contribution in [-0.4, -0.2) is 11.0 Å². The van der Waals surface area contributed by atoms with Gasteiger partial charge in [0.05, 0.1) is 11.6 Å². The number of anilines is 1. The average Bonchev–Trinajstić information content (AvgIpc) is 2.60. The van der Waals surface area contributed by atoms with Gasteiger partial charge in [0, 0.05) is 11.4 Å². The third-order valence-electron chi connectivity index (χ3n) is 5.37. The predicted molar refractivity (Wildman–Crippen MR) is 124 cm³/mol. The van der Waals surface area contributed by atoms with E-state index in [0.29, 0.717) is 16.6 Å². The van der Waals surface area contributed by atoms with Crippen molar-refractivity contribution in [1.29, 1.82) is 0 Å². The highest BCUT2D eigenvalue weighted by atomic mass is 32.1. The Morgan fingerprint density at radius 2 is 1.69 bits per heavy atom. The lowest BCUT2D eigenvalue weighted by atomic mass is 9.87. The van der Waals surface area contributed by atoms with Crippen molar-refractivity contribution in [2.45, 2.75) is 53.5 Å². The Hall–Kier alpha value is -2.66. The molecule has 0 aliphatic carbocycles. The number of hydrogen-bond acceptors (Lipinski definition) is 2. The van der Waals surface area contributed by atoms with E-state index in [0.717, 1.165) is 33.6 Å². The minimum absolute atomic E-state index is 0.123. The minimum Gasteiger partial charge on any atom is -0.351 e. The van der Waals surface area contributed by atoms with Gasteiger partial charge in [-0.15, -0.1) is 0 Å². The molecule has 152 valence electrons. The Kier molecular flexibility index (Phi) is 6.08. The van der Waals surface area contributed by atoms with Gasteiger partial charge in [0.2, 0.25) is 0 Å². The summed E-state index contributed by atoms with van der Waals surface area (Å²) >= 11 is 5.41. The van der Waals surface area contributed by atoms with Crippen molar-refractivity contribution in [3.05, 3.63) is 75.5 Å². The molecule has 0 spiro atoms. The number of para-hydroxylation sites is 1. The summed E-state index contributed by atoms with van der Waals surface area (Å²) in [4.78, 5) is 13.4. The van der Waals surface area contributed by atoms with E-state index in [9.17, 15) is 4.79 Å². The third kappa shape index (κ3) is 4.35. The molecule has 0 saturated carbocycles. The van der Waals surface area contributed by atoms with Gasteiger partial charge in [-0.2, -0.15) is 0 Å². The smallest absolute Gasteiger partial charge is 0.255 e. The molecule has 29 heavy (non-hydrogen) atoms. The minimum atomic E-state index is -0.296. The van der Waals surface area contributed by atoms with Crippen molar-refractivity contribution >= 4 is 28.9 Å². The van der Waals surface area contributed by atoms with Crippen LogP contribution in [0, 0.1) is 20.8 Å². The van der Waals surface area contributed by atoms with Crippen molar-refractivity contribution in [1.82, 2.24) is 10.6 Å². The van der Waals surface area contributed by atoms with E-state index in [1.165, 1.54) is 5.56 Å². The highest BCUT2D eigenvalue weighted by Crippen LogP contribution is 2.33. The van der Waals surface area contributed by atoms with Crippen LogP contribution in [0.3, 0.4) is 0 Å². The van der Waals surface area contributed by atoms with Crippen molar-refractivity contribution in [2.75, 3.05) is 5.32 Å². The van der Waals surface area contributed by atoms with Crippen molar-refractivity contribution < 1.29 is 4.79 Å². The summed E-state index contributed by atoms with van der Waals surface area (Å²) in [5.74, 6) is 0.191. The predicted octanol–water partition coefficient (Wildman–Crippen LogP) is 5.17. The summed E-state index contributed by atoms with van der Waals surface area (Å²) in [5, 5.41) is 10.1. The highest BCUT2D eigenvalue weighted by Gasteiger charge is 2.32. The van der Waals surface area contributed by atoms with Crippen LogP contribution in [0.15, 0.2) is 47.7 Å². The second kappa shape index (κ2) is 8.37. The molecule has 5 heteroatoms. The van der Waals surface area contributed by atoms with Gasteiger partial charge in [-0.1, -0.05) is 49.7 Å². The first-order chi connectivity index (χ1) is 13.7. The summed E-state index contributed by atoms with van der Waals surface area (Å²) in [6, 6.07) is 12.0. The molecule has 0 bridgehead atoms. The standard InChI is InChI=1S/C24H29N3OS/c1-13(2)18-9-7-8-10-19(18)26-23(28)21-17(6)25-24(29)27-22(21)20-15(4)11-14(3)12-16(20)5/h7-13,22H,1-6H3,(H,26,28)(H2,25,27,29)/t22-/m1/s1. The van der Waals surface area contributed by atoms with Crippen LogP contribution in [-0.2, 0) is 4.79 Å². The molecule has 2 aromatic rings. The summed E-state index contributed by atoms with van der Waals surface area (Å²) in [7, 11) is 0. The normalized spacial score (nSPS) is 16.5. The summed E-state index contributed by atoms with van der Waals surface area (Å²) in [5.41, 5.74) is 7.99. The van der Waals surface area contributed by atoms with E-state index >= 15 is 0 Å². The van der Waals surface area contributed by atoms with Crippen molar-refractivity contribution in [2.24, 2.45) is 0 Å². The number of carbonyl (C=O) groups excluding carboxylic acids is 1. The first-order valence-corrected chi connectivity index (χ1v) is 10.4. The summed E-state index contributed by atoms with van der Waals surface area (Å²) < 4.78 is 0. The zero-order valence-corrected chi connectivity index (χ0v) is 18.8. The number of thiocarbonyl (C=S) groups is 1. The maximum absolute atomic E-state index is 13.4. The monoisotopic (exact) mass is 407 g/mol. The lowest BCUT2D eigenvalue weighted by Crippen LogP contribution is -2.46. The molecule has 3 rings (SSSR count). The number of nitrogens with one attached hydrogen (secondary N) is 3. The molecule has 1 aliphatic heterocycles. The van der Waals surface area contributed by atoms with Gasteiger partial charge in [0.1, 0.15) is 0 Å². The van der Waals surface area contributed by atoms with Crippen LogP contribution in [0.5, 0.6) is 0 Å². The van der Waals surface area contributed by atoms with Crippen LogP contribution in [0.4, 0.5) is 5.69 Å². The second-order valence-electron chi connectivity index (χ2n) is 8.08. The Labute approximate surface area is 178 Å². The molecule has 1 amide bonds. The van der Waals surface area contributed by atoms with E-state index in [2.05, 4.69) is 68.8 Å². The second-order valence-corrected chi connectivity index (χ2v) is 8.49. The first kappa shape index (κ1) is 21.1. The zero-order chi connectivity index (χ0) is 21.3. The number of benzene rings is 2. The number of rotatable bonds is 4. The lowest BCUT2D eigenvalue weighted by Gasteiger charge is -2.32. The van der Waals surface area contributed by atoms with Gasteiger partial charge in [-0.25, -0.2) is 0 Å². The molecule has 3 N–H and O–H groups in total. The summed E-state index contributed by atoms with van der Waals surface area (Å²) in [6.07, 6.45) is 0. The molecule has 1 heterocycles. The fraction of sp³-hybridized carbons (Fsp3) is 0.333. The maximum Gasteiger partial charge on any atom is 0.255 e. The van der Waals surface area contributed by atoms with Crippen LogP contribution >= 0.6 is 12.2 Å². The third-order valence-corrected chi connectivity index (χ3v) is 5.59. The largest absolute Gasteiger partial charge is 0.351 e. The number of aryl methyl sites for hydroxylation is 3. The fourth-order valence-corrected chi connectivity index (χ4v) is 4.43. The van der Waals surface area contributed by atoms with Gasteiger partial charge in [0.25, 0.3) is 5.91 Å². The molecule has 2 aromatic carbocycles. The number of hydrogen-bond donors (Lipinski definition) is 3. The quantitative estimate of drug-likeness (QED) is 0.612.